The van der Waals surface area contributed by atoms with E-state index in [0.29, 0.717) is 0 Å². The molecule has 0 spiro atoms. The number of hydrogen-bond acceptors (Lipinski definition) is 2. The van der Waals surface area contributed by atoms with Crippen molar-refractivity contribution in [3.05, 3.63) is 35.9 Å². The molecule has 1 aromatic carbocycles. The Kier molecular flexibility index (Phi) is 3.87. The smallest absolute Gasteiger partial charge is 0.214 e. The third-order valence-electron chi connectivity index (χ3n) is 3.80. The maximum Gasteiger partial charge on any atom is 0.214 e. The molecule has 1 aromatic rings. The van der Waals surface area contributed by atoms with E-state index >= 15 is 0 Å². The average Bonchev–Trinajstić information content (AvgIpc) is 2.30. The molecule has 1 saturated heterocycles. The Morgan fingerprint density at radius 2 is 1.94 bits per heavy atom. The van der Waals surface area contributed by atoms with Crippen molar-refractivity contribution in [1.82, 2.24) is 0 Å². The van der Waals surface area contributed by atoms with Gasteiger partial charge in [-0.05, 0) is 37.2 Å². The molecule has 1 fully saturated rings. The molecule has 0 saturated carbocycles. The van der Waals surface area contributed by atoms with Gasteiger partial charge in [0.1, 0.15) is 0 Å². The Morgan fingerprint density at radius 3 is 2.47 bits per heavy atom. The van der Waals surface area contributed by atoms with Crippen molar-refractivity contribution in [3.8, 4) is 0 Å². The zero-order valence-corrected chi connectivity index (χ0v) is 12.8. The van der Waals surface area contributed by atoms with Crippen molar-refractivity contribution in [2.45, 2.75) is 38.0 Å². The maximum atomic E-state index is 10.6. The van der Waals surface area contributed by atoms with Gasteiger partial charge in [-0.15, -0.1) is 0 Å². The summed E-state index contributed by atoms with van der Waals surface area (Å²) in [6.45, 7) is 4.98. The number of hydrogen-bond donors (Lipinski definition) is 1. The summed E-state index contributed by atoms with van der Waals surface area (Å²) < 4.78 is 6.18. The summed E-state index contributed by atoms with van der Waals surface area (Å²) >= 11 is 0. The molecular formula is C13H22O2Si2. The van der Waals surface area contributed by atoms with Crippen LogP contribution in [-0.2, 0) is 10.5 Å². The summed E-state index contributed by atoms with van der Waals surface area (Å²) in [5, 5.41) is 0. The summed E-state index contributed by atoms with van der Waals surface area (Å²) in [6, 6.07) is 12.6. The summed E-state index contributed by atoms with van der Waals surface area (Å²) in [7, 11) is -4.10. The van der Waals surface area contributed by atoms with E-state index in [1.807, 2.05) is 6.07 Å². The van der Waals surface area contributed by atoms with Gasteiger partial charge in [0, 0.05) is 6.61 Å². The predicted octanol–water partition coefficient (Wildman–Crippen LogP) is 2.80. The molecule has 94 valence electrons. The Morgan fingerprint density at radius 1 is 1.24 bits per heavy atom. The summed E-state index contributed by atoms with van der Waals surface area (Å²) in [6.07, 6.45) is 2.39. The van der Waals surface area contributed by atoms with Gasteiger partial charge in [0.2, 0.25) is 15.7 Å². The Balaban J connectivity index is 2.22. The van der Waals surface area contributed by atoms with E-state index in [0.717, 1.165) is 25.1 Å². The molecule has 1 N–H and O–H groups in total. The molecule has 1 heterocycles. The van der Waals surface area contributed by atoms with Crippen LogP contribution < -0.4 is 0 Å². The van der Waals surface area contributed by atoms with Crippen LogP contribution in [0.5, 0.6) is 0 Å². The molecular weight excluding hydrogens is 244 g/mol. The fourth-order valence-corrected chi connectivity index (χ4v) is 12.3. The topological polar surface area (TPSA) is 29.5 Å². The van der Waals surface area contributed by atoms with Gasteiger partial charge in [-0.1, -0.05) is 36.8 Å². The third-order valence-corrected chi connectivity index (χ3v) is 17.3. The van der Waals surface area contributed by atoms with Crippen molar-refractivity contribution in [1.29, 1.82) is 0 Å². The first-order valence-electron chi connectivity index (χ1n) is 6.44. The third kappa shape index (κ3) is 2.88. The Labute approximate surface area is 106 Å². The summed E-state index contributed by atoms with van der Waals surface area (Å²) in [5.41, 5.74) is 1.33. The first kappa shape index (κ1) is 13.0. The van der Waals surface area contributed by atoms with E-state index in [9.17, 15) is 4.80 Å². The standard InChI is InChI=1S/C13H22O2Si2/c1-16(2,14)17(11-7-6-10-15-17)12-13-8-4-3-5-9-13/h3-5,8-9,14H,6-7,10-12H2,1-2H3. The monoisotopic (exact) mass is 266 g/mol. The van der Waals surface area contributed by atoms with Crippen molar-refractivity contribution in [2.75, 3.05) is 6.61 Å². The minimum absolute atomic E-state index is 0.857. The van der Waals surface area contributed by atoms with Crippen molar-refractivity contribution in [2.24, 2.45) is 0 Å². The zero-order valence-electron chi connectivity index (χ0n) is 10.8. The molecule has 0 aliphatic carbocycles. The number of rotatable bonds is 3. The second-order valence-electron chi connectivity index (χ2n) is 5.52. The lowest BCUT2D eigenvalue weighted by molar-refractivity contribution is 0.272. The molecule has 1 aliphatic heterocycles. The maximum absolute atomic E-state index is 10.6. The second kappa shape index (κ2) is 5.06. The first-order chi connectivity index (χ1) is 8.04. The predicted molar refractivity (Wildman–Crippen MR) is 75.6 cm³/mol. The summed E-state index contributed by atoms with van der Waals surface area (Å²) in [5.74, 6) is 0. The van der Waals surface area contributed by atoms with E-state index in [4.69, 9.17) is 4.43 Å². The van der Waals surface area contributed by atoms with Crippen LogP contribution in [0.15, 0.2) is 30.3 Å². The second-order valence-corrected chi connectivity index (χ2v) is 18.2. The lowest BCUT2D eigenvalue weighted by Gasteiger charge is -2.42. The van der Waals surface area contributed by atoms with Gasteiger partial charge in [-0.25, -0.2) is 0 Å². The molecule has 2 nitrogen and oxygen atoms in total. The number of benzene rings is 1. The van der Waals surface area contributed by atoms with Gasteiger partial charge in [-0.3, -0.25) is 0 Å². The van der Waals surface area contributed by atoms with Crippen molar-refractivity contribution in [3.63, 3.8) is 0 Å². The normalized spacial score (nSPS) is 25.8. The van der Waals surface area contributed by atoms with Gasteiger partial charge >= 0.3 is 0 Å². The Hall–Kier alpha value is -0.426. The molecule has 1 unspecified atom stereocenters. The van der Waals surface area contributed by atoms with Crippen LogP contribution in [-0.4, -0.2) is 27.1 Å². The highest BCUT2D eigenvalue weighted by atomic mass is 29.3. The van der Waals surface area contributed by atoms with Crippen molar-refractivity contribution < 1.29 is 9.22 Å². The van der Waals surface area contributed by atoms with Crippen molar-refractivity contribution >= 4 is 15.7 Å². The summed E-state index contributed by atoms with van der Waals surface area (Å²) in [4.78, 5) is 10.6. The van der Waals surface area contributed by atoms with Crippen LogP contribution in [0, 0.1) is 0 Å². The molecule has 4 heteroatoms. The van der Waals surface area contributed by atoms with Crippen LogP contribution in [0.4, 0.5) is 0 Å². The van der Waals surface area contributed by atoms with E-state index < -0.39 is 15.7 Å². The quantitative estimate of drug-likeness (QED) is 0.853. The van der Waals surface area contributed by atoms with Crippen LogP contribution in [0.1, 0.15) is 18.4 Å². The molecule has 0 aromatic heterocycles. The minimum Gasteiger partial charge on any atom is -0.432 e. The highest BCUT2D eigenvalue weighted by Crippen LogP contribution is 2.32. The van der Waals surface area contributed by atoms with Gasteiger partial charge in [-0.2, -0.15) is 0 Å². The average molecular weight is 266 g/mol. The van der Waals surface area contributed by atoms with Gasteiger partial charge in [0.15, 0.2) is 0 Å². The lowest BCUT2D eigenvalue weighted by atomic mass is 10.2. The molecule has 0 amide bonds. The van der Waals surface area contributed by atoms with E-state index in [1.54, 1.807) is 0 Å². The molecule has 17 heavy (non-hydrogen) atoms. The minimum atomic E-state index is -2.17. The van der Waals surface area contributed by atoms with E-state index in [2.05, 4.69) is 37.4 Å². The van der Waals surface area contributed by atoms with Gasteiger partial charge < -0.3 is 9.22 Å². The lowest BCUT2D eigenvalue weighted by Crippen LogP contribution is -2.64. The largest absolute Gasteiger partial charge is 0.432 e. The molecule has 2 rings (SSSR count). The Bertz CT molecular complexity index is 353. The highest BCUT2D eigenvalue weighted by Gasteiger charge is 2.51. The SMILES string of the molecule is C[Si](C)(O)[Si]1(Cc2ccccc2)CCCCO1. The fourth-order valence-electron chi connectivity index (χ4n) is 2.62. The molecule has 0 bridgehead atoms. The molecule has 0 radical (unpaired) electrons. The van der Waals surface area contributed by atoms with Crippen LogP contribution in [0.2, 0.25) is 19.1 Å². The van der Waals surface area contributed by atoms with Crippen LogP contribution >= 0.6 is 0 Å². The van der Waals surface area contributed by atoms with E-state index in [-0.39, 0.29) is 0 Å². The van der Waals surface area contributed by atoms with Gasteiger partial charge in [0.05, 0.1) is 0 Å². The molecule has 1 aliphatic rings. The van der Waals surface area contributed by atoms with Crippen LogP contribution in [0.25, 0.3) is 0 Å². The highest BCUT2D eigenvalue weighted by molar-refractivity contribution is 7.35. The van der Waals surface area contributed by atoms with Gasteiger partial charge in [0.25, 0.3) is 0 Å². The first-order valence-corrected chi connectivity index (χ1v) is 12.7. The fraction of sp³-hybridized carbons (Fsp3) is 0.538. The van der Waals surface area contributed by atoms with E-state index in [1.165, 1.54) is 12.0 Å². The zero-order chi connectivity index (χ0) is 12.4. The molecule has 1 atom stereocenters. The van der Waals surface area contributed by atoms with Crippen LogP contribution in [0.3, 0.4) is 0 Å².